The second-order valence-electron chi connectivity index (χ2n) is 6.03. The van der Waals surface area contributed by atoms with Gasteiger partial charge in [-0.1, -0.05) is 53.5 Å². The van der Waals surface area contributed by atoms with Crippen molar-refractivity contribution in [3.05, 3.63) is 79.8 Å². The van der Waals surface area contributed by atoms with E-state index in [0.29, 0.717) is 28.0 Å². The molecule has 148 valence electrons. The molecule has 3 nitrogen and oxygen atoms in total. The van der Waals surface area contributed by atoms with E-state index in [1.165, 1.54) is 17.6 Å². The Morgan fingerprint density at radius 2 is 1.79 bits per heavy atom. The van der Waals surface area contributed by atoms with E-state index in [4.69, 9.17) is 27.9 Å². The first-order valence-corrected chi connectivity index (χ1v) is 9.66. The molecule has 1 heterocycles. The molecule has 0 radical (unpaired) electrons. The molecule has 0 aliphatic rings. The first kappa shape index (κ1) is 21.0. The quantitative estimate of drug-likeness (QED) is 0.386. The molecule has 0 atom stereocenters. The number of nitrogens with zero attached hydrogens (tertiary/aromatic N) is 2. The Kier molecular flexibility index (Phi) is 6.27. The van der Waals surface area contributed by atoms with Crippen LogP contribution in [0.2, 0.25) is 10.0 Å². The summed E-state index contributed by atoms with van der Waals surface area (Å²) in [7, 11) is 0. The average Bonchev–Trinajstić information content (AvgIpc) is 2.92. The zero-order chi connectivity index (χ0) is 20.5. The van der Waals surface area contributed by atoms with E-state index in [2.05, 4.69) is 20.9 Å². The minimum absolute atomic E-state index is 0.0766. The summed E-state index contributed by atoms with van der Waals surface area (Å²) in [5, 5.41) is 0.646. The molecule has 0 amide bonds. The van der Waals surface area contributed by atoms with Crippen LogP contribution in [0, 0.1) is 6.92 Å². The third-order valence-corrected chi connectivity index (χ3v) is 5.48. The largest absolute Gasteiger partial charge is 0.487 e. The standard InChI is InChI=1S/C19H14BrCl2F3N2O/c1-11-26-17(19(23,24)25)18(20)27(11)9-13-7-16(15(22)8-14(13)21)28-10-12-5-3-2-4-6-12/h2-8H,9-10H2,1H3. The number of alkyl halides is 3. The van der Waals surface area contributed by atoms with Gasteiger partial charge in [0.2, 0.25) is 0 Å². The molecule has 3 aromatic rings. The van der Waals surface area contributed by atoms with Crippen LogP contribution in [0.3, 0.4) is 0 Å². The highest BCUT2D eigenvalue weighted by Gasteiger charge is 2.37. The van der Waals surface area contributed by atoms with Crippen LogP contribution >= 0.6 is 39.1 Å². The van der Waals surface area contributed by atoms with E-state index >= 15 is 0 Å². The second-order valence-corrected chi connectivity index (χ2v) is 7.60. The van der Waals surface area contributed by atoms with Gasteiger partial charge < -0.3 is 9.30 Å². The molecule has 0 fully saturated rings. The number of hydrogen-bond acceptors (Lipinski definition) is 2. The summed E-state index contributed by atoms with van der Waals surface area (Å²) >= 11 is 15.5. The van der Waals surface area contributed by atoms with Crippen LogP contribution in [0.15, 0.2) is 47.1 Å². The lowest BCUT2D eigenvalue weighted by molar-refractivity contribution is -0.141. The molecule has 2 aromatic carbocycles. The van der Waals surface area contributed by atoms with Crippen LogP contribution in [0.25, 0.3) is 0 Å². The minimum Gasteiger partial charge on any atom is -0.487 e. The summed E-state index contributed by atoms with van der Waals surface area (Å²) in [4.78, 5) is 3.61. The Morgan fingerprint density at radius 3 is 2.39 bits per heavy atom. The van der Waals surface area contributed by atoms with Crippen LogP contribution in [0.5, 0.6) is 5.75 Å². The zero-order valence-electron chi connectivity index (χ0n) is 14.5. The van der Waals surface area contributed by atoms with Crippen molar-refractivity contribution >= 4 is 39.1 Å². The summed E-state index contributed by atoms with van der Waals surface area (Å²) in [6.45, 7) is 1.87. The molecule has 0 unspecified atom stereocenters. The van der Waals surface area contributed by atoms with Crippen molar-refractivity contribution in [1.29, 1.82) is 0 Å². The monoisotopic (exact) mass is 492 g/mol. The molecule has 9 heteroatoms. The van der Waals surface area contributed by atoms with Crippen molar-refractivity contribution in [1.82, 2.24) is 9.55 Å². The fraction of sp³-hybridized carbons (Fsp3) is 0.211. The molecular formula is C19H14BrCl2F3N2O. The first-order valence-electron chi connectivity index (χ1n) is 8.11. The van der Waals surface area contributed by atoms with E-state index in [-0.39, 0.29) is 17.0 Å². The lowest BCUT2D eigenvalue weighted by Crippen LogP contribution is -2.08. The van der Waals surface area contributed by atoms with Gasteiger partial charge in [-0.2, -0.15) is 13.2 Å². The maximum Gasteiger partial charge on any atom is 0.436 e. The molecule has 28 heavy (non-hydrogen) atoms. The predicted molar refractivity (Wildman–Crippen MR) is 106 cm³/mol. The second kappa shape index (κ2) is 8.35. The number of ether oxygens (including phenoxy) is 1. The van der Waals surface area contributed by atoms with Crippen molar-refractivity contribution < 1.29 is 17.9 Å². The minimum atomic E-state index is -4.55. The highest BCUT2D eigenvalue weighted by molar-refractivity contribution is 9.10. The Balaban J connectivity index is 1.88. The number of halogens is 6. The summed E-state index contributed by atoms with van der Waals surface area (Å²) in [5.41, 5.74) is 0.540. The van der Waals surface area contributed by atoms with Crippen LogP contribution in [-0.2, 0) is 19.3 Å². The van der Waals surface area contributed by atoms with E-state index in [0.717, 1.165) is 5.56 Å². The van der Waals surface area contributed by atoms with Crippen molar-refractivity contribution in [3.63, 3.8) is 0 Å². The zero-order valence-corrected chi connectivity index (χ0v) is 17.6. The van der Waals surface area contributed by atoms with Crippen molar-refractivity contribution in [2.24, 2.45) is 0 Å². The predicted octanol–water partition coefficient (Wildman–Crippen LogP) is 6.91. The van der Waals surface area contributed by atoms with Crippen LogP contribution < -0.4 is 4.74 Å². The summed E-state index contributed by atoms with van der Waals surface area (Å²) in [5.74, 6) is 0.604. The lowest BCUT2D eigenvalue weighted by Gasteiger charge is -2.14. The summed E-state index contributed by atoms with van der Waals surface area (Å²) in [6.07, 6.45) is -4.55. The smallest absolute Gasteiger partial charge is 0.436 e. The molecule has 0 saturated heterocycles. The molecule has 1 aromatic heterocycles. The molecule has 0 aliphatic heterocycles. The van der Waals surface area contributed by atoms with Crippen molar-refractivity contribution in [3.8, 4) is 5.75 Å². The molecule has 0 spiro atoms. The summed E-state index contributed by atoms with van der Waals surface area (Å²) < 4.78 is 46.2. The van der Waals surface area contributed by atoms with Gasteiger partial charge in [-0.05, 0) is 46.1 Å². The number of aryl methyl sites for hydroxylation is 1. The molecule has 0 aliphatic carbocycles. The fourth-order valence-corrected chi connectivity index (χ4v) is 3.80. The molecular weight excluding hydrogens is 480 g/mol. The summed E-state index contributed by atoms with van der Waals surface area (Å²) in [6, 6.07) is 12.7. The van der Waals surface area contributed by atoms with Gasteiger partial charge in [0.25, 0.3) is 0 Å². The number of aromatic nitrogens is 2. The number of rotatable bonds is 5. The normalized spacial score (nSPS) is 11.7. The van der Waals surface area contributed by atoms with Gasteiger partial charge in [0.1, 0.15) is 22.8 Å². The number of benzene rings is 2. The van der Waals surface area contributed by atoms with Gasteiger partial charge in [-0.15, -0.1) is 0 Å². The van der Waals surface area contributed by atoms with Crippen LogP contribution in [-0.4, -0.2) is 9.55 Å². The third-order valence-electron chi connectivity index (χ3n) is 4.03. The molecule has 0 bridgehead atoms. The Hall–Kier alpha value is -1.70. The fourth-order valence-electron chi connectivity index (χ4n) is 2.61. The van der Waals surface area contributed by atoms with Gasteiger partial charge in [0, 0.05) is 5.02 Å². The maximum atomic E-state index is 13.1. The molecule has 0 saturated carbocycles. The third kappa shape index (κ3) is 4.64. The van der Waals surface area contributed by atoms with Gasteiger partial charge in [-0.25, -0.2) is 4.98 Å². The van der Waals surface area contributed by atoms with Crippen molar-refractivity contribution in [2.45, 2.75) is 26.3 Å². The number of hydrogen-bond donors (Lipinski definition) is 0. The molecule has 0 N–H and O–H groups in total. The van der Waals surface area contributed by atoms with Crippen LogP contribution in [0.1, 0.15) is 22.6 Å². The SMILES string of the molecule is Cc1nc(C(F)(F)F)c(Br)n1Cc1cc(OCc2ccccc2)c(Cl)cc1Cl. The highest BCUT2D eigenvalue weighted by atomic mass is 79.9. The van der Waals surface area contributed by atoms with E-state index in [9.17, 15) is 13.2 Å². The maximum absolute atomic E-state index is 13.1. The topological polar surface area (TPSA) is 27.1 Å². The Labute approximate surface area is 178 Å². The lowest BCUT2D eigenvalue weighted by atomic mass is 10.2. The van der Waals surface area contributed by atoms with Gasteiger partial charge in [0.15, 0.2) is 5.69 Å². The average molecular weight is 494 g/mol. The van der Waals surface area contributed by atoms with Gasteiger partial charge in [0.05, 0.1) is 11.6 Å². The van der Waals surface area contributed by atoms with Gasteiger partial charge in [-0.3, -0.25) is 0 Å². The molecule has 3 rings (SSSR count). The number of imidazole rings is 1. The highest BCUT2D eigenvalue weighted by Crippen LogP contribution is 2.37. The van der Waals surface area contributed by atoms with E-state index in [1.54, 1.807) is 6.07 Å². The van der Waals surface area contributed by atoms with Crippen LogP contribution in [0.4, 0.5) is 13.2 Å². The van der Waals surface area contributed by atoms with Gasteiger partial charge >= 0.3 is 6.18 Å². The Morgan fingerprint density at radius 1 is 1.11 bits per heavy atom. The van der Waals surface area contributed by atoms with E-state index in [1.807, 2.05) is 30.3 Å². The van der Waals surface area contributed by atoms with Crippen molar-refractivity contribution in [2.75, 3.05) is 0 Å². The first-order chi connectivity index (χ1) is 13.2. The van der Waals surface area contributed by atoms with E-state index < -0.39 is 11.9 Å². The Bertz CT molecular complexity index is 991.